The average molecular weight is 309 g/mol. The fourth-order valence-electron chi connectivity index (χ4n) is 1.93. The van der Waals surface area contributed by atoms with Crippen LogP contribution >= 0.6 is 15.9 Å². The fraction of sp³-hybridized carbons (Fsp3) is 1.00. The quantitative estimate of drug-likeness (QED) is 0.458. The topological polar surface area (TPSA) is 27.7 Å². The van der Waals surface area contributed by atoms with Gasteiger partial charge >= 0.3 is 0 Å². The molecule has 3 nitrogen and oxygen atoms in total. The van der Waals surface area contributed by atoms with E-state index in [-0.39, 0.29) is 12.2 Å². The van der Waals surface area contributed by atoms with Crippen LogP contribution in [0.15, 0.2) is 0 Å². The van der Waals surface area contributed by atoms with Crippen LogP contribution in [0.4, 0.5) is 0 Å². The van der Waals surface area contributed by atoms with Gasteiger partial charge in [0.15, 0.2) is 0 Å². The Morgan fingerprint density at radius 3 is 2.53 bits per heavy atom. The molecule has 1 rings (SSSR count). The highest BCUT2D eigenvalue weighted by molar-refractivity contribution is 9.09. The van der Waals surface area contributed by atoms with E-state index in [1.54, 1.807) is 7.11 Å². The minimum atomic E-state index is 0.205. The minimum Gasteiger partial charge on any atom is -0.382 e. The lowest BCUT2D eigenvalue weighted by Gasteiger charge is -2.40. The molecule has 0 aromatic rings. The van der Waals surface area contributed by atoms with E-state index < -0.39 is 0 Å². The molecule has 0 spiro atoms. The van der Waals surface area contributed by atoms with E-state index in [0.717, 1.165) is 13.0 Å². The van der Waals surface area contributed by atoms with Crippen LogP contribution in [0, 0.1) is 0 Å². The van der Waals surface area contributed by atoms with Crippen LogP contribution in [0.5, 0.6) is 0 Å². The lowest BCUT2D eigenvalue weighted by atomic mass is 9.91. The number of ether oxygens (including phenoxy) is 3. The highest BCUT2D eigenvalue weighted by atomic mass is 79.9. The van der Waals surface area contributed by atoms with Crippen molar-refractivity contribution in [3.05, 3.63) is 0 Å². The normalized spacial score (nSPS) is 28.1. The first kappa shape index (κ1) is 15.4. The zero-order valence-corrected chi connectivity index (χ0v) is 12.6. The summed E-state index contributed by atoms with van der Waals surface area (Å²) < 4.78 is 16.5. The first-order valence-electron chi connectivity index (χ1n) is 6.65. The van der Waals surface area contributed by atoms with Crippen molar-refractivity contribution in [2.75, 3.05) is 26.9 Å². The lowest BCUT2D eigenvalue weighted by molar-refractivity contribution is -0.127. The zero-order valence-electron chi connectivity index (χ0n) is 11.0. The van der Waals surface area contributed by atoms with Crippen molar-refractivity contribution in [2.45, 2.75) is 56.1 Å². The first-order valence-corrected chi connectivity index (χ1v) is 7.57. The second-order valence-electron chi connectivity index (χ2n) is 4.55. The number of methoxy groups -OCH3 is 1. The average Bonchev–Trinajstić information content (AvgIpc) is 2.33. The third-order valence-corrected chi connectivity index (χ3v) is 4.00. The van der Waals surface area contributed by atoms with Crippen molar-refractivity contribution in [1.29, 1.82) is 0 Å². The summed E-state index contributed by atoms with van der Waals surface area (Å²) in [5, 5.41) is 0. The summed E-state index contributed by atoms with van der Waals surface area (Å²) in [5.74, 6) is 0. The first-order chi connectivity index (χ1) is 8.29. The molecule has 1 saturated carbocycles. The van der Waals surface area contributed by atoms with Gasteiger partial charge < -0.3 is 14.2 Å². The number of hydrogen-bond acceptors (Lipinski definition) is 3. The number of halogens is 1. The molecule has 0 amide bonds. The van der Waals surface area contributed by atoms with Crippen LogP contribution in [0.2, 0.25) is 0 Å². The third kappa shape index (κ3) is 5.69. The second kappa shape index (κ2) is 9.31. The molecule has 0 aromatic heterocycles. The number of unbranched alkanes of at least 4 members (excludes halogenated alkanes) is 3. The molecule has 0 aliphatic heterocycles. The fourth-order valence-corrected chi connectivity index (χ4v) is 2.79. The standard InChI is InChI=1S/C13H25BrO3/c1-3-4-5-6-7-16-12-10-11(14)13(12)17-9-8-15-2/h11-13H,3-10H2,1-2H3. The SMILES string of the molecule is CCCCCCOC1CC(Br)C1OCCOC. The lowest BCUT2D eigenvalue weighted by Crippen LogP contribution is -2.51. The van der Waals surface area contributed by atoms with Gasteiger partial charge in [-0.2, -0.15) is 0 Å². The van der Waals surface area contributed by atoms with Gasteiger partial charge in [-0.05, 0) is 12.8 Å². The van der Waals surface area contributed by atoms with Gasteiger partial charge in [0.2, 0.25) is 0 Å². The zero-order chi connectivity index (χ0) is 12.5. The van der Waals surface area contributed by atoms with Crippen molar-refractivity contribution >= 4 is 15.9 Å². The predicted octanol–water partition coefficient (Wildman–Crippen LogP) is 3.15. The molecule has 1 aliphatic rings. The molecule has 1 aliphatic carbocycles. The highest BCUT2D eigenvalue weighted by Gasteiger charge is 2.41. The Balaban J connectivity index is 2.03. The van der Waals surface area contributed by atoms with Crippen LogP contribution < -0.4 is 0 Å². The Morgan fingerprint density at radius 1 is 1.06 bits per heavy atom. The Hall–Kier alpha value is 0.360. The van der Waals surface area contributed by atoms with Crippen LogP contribution in [0.3, 0.4) is 0 Å². The van der Waals surface area contributed by atoms with Crippen LogP contribution in [0.1, 0.15) is 39.0 Å². The van der Waals surface area contributed by atoms with Gasteiger partial charge in [-0.25, -0.2) is 0 Å². The van der Waals surface area contributed by atoms with Gasteiger partial charge in [-0.3, -0.25) is 0 Å². The molecular weight excluding hydrogens is 284 g/mol. The van der Waals surface area contributed by atoms with E-state index in [9.17, 15) is 0 Å². The largest absolute Gasteiger partial charge is 0.382 e. The molecule has 0 bridgehead atoms. The molecule has 0 radical (unpaired) electrons. The van der Waals surface area contributed by atoms with Crippen molar-refractivity contribution in [1.82, 2.24) is 0 Å². The third-order valence-electron chi connectivity index (χ3n) is 3.11. The summed E-state index contributed by atoms with van der Waals surface area (Å²) in [4.78, 5) is 0.444. The monoisotopic (exact) mass is 308 g/mol. The van der Waals surface area contributed by atoms with Crippen molar-refractivity contribution in [2.24, 2.45) is 0 Å². The smallest absolute Gasteiger partial charge is 0.0963 e. The Kier molecular flexibility index (Phi) is 8.44. The molecular formula is C13H25BrO3. The molecule has 1 fully saturated rings. The van der Waals surface area contributed by atoms with Crippen molar-refractivity contribution in [3.8, 4) is 0 Å². The van der Waals surface area contributed by atoms with E-state index in [1.807, 2.05) is 0 Å². The van der Waals surface area contributed by atoms with Gasteiger partial charge in [-0.15, -0.1) is 0 Å². The van der Waals surface area contributed by atoms with Gasteiger partial charge in [-0.1, -0.05) is 42.1 Å². The van der Waals surface area contributed by atoms with Gasteiger partial charge in [0.25, 0.3) is 0 Å². The number of alkyl halides is 1. The summed E-state index contributed by atoms with van der Waals surface area (Å²) >= 11 is 3.61. The summed E-state index contributed by atoms with van der Waals surface area (Å²) in [5.41, 5.74) is 0. The predicted molar refractivity (Wildman–Crippen MR) is 72.8 cm³/mol. The molecule has 0 heterocycles. The summed E-state index contributed by atoms with van der Waals surface area (Å²) in [6.07, 6.45) is 6.57. The van der Waals surface area contributed by atoms with E-state index in [2.05, 4.69) is 22.9 Å². The maximum atomic E-state index is 5.84. The minimum absolute atomic E-state index is 0.205. The van der Waals surface area contributed by atoms with Gasteiger partial charge in [0, 0.05) is 18.5 Å². The summed E-state index contributed by atoms with van der Waals surface area (Å²) in [7, 11) is 1.69. The molecule has 0 aromatic carbocycles. The maximum Gasteiger partial charge on any atom is 0.0963 e. The molecule has 0 N–H and O–H groups in total. The molecule has 3 atom stereocenters. The second-order valence-corrected chi connectivity index (χ2v) is 5.73. The van der Waals surface area contributed by atoms with Crippen LogP contribution in [0.25, 0.3) is 0 Å². The Bertz CT molecular complexity index is 190. The Labute approximate surface area is 113 Å². The summed E-state index contributed by atoms with van der Waals surface area (Å²) in [6.45, 7) is 4.40. The molecule has 4 heteroatoms. The summed E-state index contributed by atoms with van der Waals surface area (Å²) in [6, 6.07) is 0. The van der Waals surface area contributed by atoms with E-state index >= 15 is 0 Å². The Morgan fingerprint density at radius 2 is 1.88 bits per heavy atom. The van der Waals surface area contributed by atoms with E-state index in [0.29, 0.717) is 18.0 Å². The van der Waals surface area contributed by atoms with E-state index in [4.69, 9.17) is 14.2 Å². The van der Waals surface area contributed by atoms with Gasteiger partial charge in [0.05, 0.1) is 25.4 Å². The van der Waals surface area contributed by atoms with Gasteiger partial charge in [0.1, 0.15) is 0 Å². The molecule has 102 valence electrons. The number of hydrogen-bond donors (Lipinski definition) is 0. The maximum absolute atomic E-state index is 5.84. The molecule has 17 heavy (non-hydrogen) atoms. The molecule has 3 unspecified atom stereocenters. The van der Waals surface area contributed by atoms with Crippen LogP contribution in [-0.4, -0.2) is 44.0 Å². The molecule has 0 saturated heterocycles. The highest BCUT2D eigenvalue weighted by Crippen LogP contribution is 2.33. The van der Waals surface area contributed by atoms with Crippen LogP contribution in [-0.2, 0) is 14.2 Å². The van der Waals surface area contributed by atoms with Crippen molar-refractivity contribution < 1.29 is 14.2 Å². The number of rotatable bonds is 10. The van der Waals surface area contributed by atoms with E-state index in [1.165, 1.54) is 25.7 Å². The van der Waals surface area contributed by atoms with Crippen molar-refractivity contribution in [3.63, 3.8) is 0 Å².